The van der Waals surface area contributed by atoms with E-state index < -0.39 is 10.0 Å². The van der Waals surface area contributed by atoms with Gasteiger partial charge in [-0.25, -0.2) is 12.7 Å². The zero-order valence-electron chi connectivity index (χ0n) is 13.3. The Morgan fingerprint density at radius 3 is 2.35 bits per heavy atom. The van der Waals surface area contributed by atoms with E-state index in [0.29, 0.717) is 38.2 Å². The highest BCUT2D eigenvalue weighted by Crippen LogP contribution is 2.11. The zero-order valence-corrected chi connectivity index (χ0v) is 14.1. The first kappa shape index (κ1) is 17.6. The Morgan fingerprint density at radius 2 is 1.70 bits per heavy atom. The average molecular weight is 338 g/mol. The highest BCUT2D eigenvalue weighted by Gasteiger charge is 2.24. The highest BCUT2D eigenvalue weighted by molar-refractivity contribution is 7.88. The van der Waals surface area contributed by atoms with Crippen molar-refractivity contribution in [1.82, 2.24) is 9.21 Å². The van der Waals surface area contributed by atoms with Gasteiger partial charge >= 0.3 is 0 Å². The fourth-order valence-electron chi connectivity index (χ4n) is 2.62. The second kappa shape index (κ2) is 7.70. The second-order valence-corrected chi connectivity index (χ2v) is 7.67. The molecule has 1 aliphatic heterocycles. The molecule has 126 valence electrons. The highest BCUT2D eigenvalue weighted by atomic mass is 32.2. The van der Waals surface area contributed by atoms with E-state index >= 15 is 0 Å². The van der Waals surface area contributed by atoms with Crippen molar-refractivity contribution in [2.75, 3.05) is 32.4 Å². The van der Waals surface area contributed by atoms with E-state index in [4.69, 9.17) is 0 Å². The molecule has 1 aromatic carbocycles. The second-order valence-electron chi connectivity index (χ2n) is 5.69. The number of hydrogen-bond acceptors (Lipinski definition) is 4. The van der Waals surface area contributed by atoms with E-state index in [2.05, 4.69) is 0 Å². The van der Waals surface area contributed by atoms with Crippen LogP contribution in [-0.2, 0) is 14.8 Å². The van der Waals surface area contributed by atoms with Crippen molar-refractivity contribution in [2.24, 2.45) is 0 Å². The lowest BCUT2D eigenvalue weighted by Gasteiger charge is -2.21. The van der Waals surface area contributed by atoms with Gasteiger partial charge in [0, 0.05) is 44.6 Å². The van der Waals surface area contributed by atoms with Crippen LogP contribution in [0.3, 0.4) is 0 Å². The van der Waals surface area contributed by atoms with Crippen molar-refractivity contribution in [1.29, 1.82) is 0 Å². The Bertz CT molecular complexity index is 658. The topological polar surface area (TPSA) is 74.8 Å². The lowest BCUT2D eigenvalue weighted by atomic mass is 10.1. The summed E-state index contributed by atoms with van der Waals surface area (Å²) in [6, 6.07) is 8.91. The van der Waals surface area contributed by atoms with E-state index in [0.717, 1.165) is 0 Å². The number of carbonyl (C=O) groups is 2. The molecule has 0 radical (unpaired) electrons. The zero-order chi connectivity index (χ0) is 16.9. The summed E-state index contributed by atoms with van der Waals surface area (Å²) < 4.78 is 24.5. The smallest absolute Gasteiger partial charge is 0.223 e. The van der Waals surface area contributed by atoms with E-state index in [1.807, 2.05) is 6.07 Å². The molecule has 1 aliphatic rings. The van der Waals surface area contributed by atoms with Crippen LogP contribution in [0.1, 0.15) is 29.6 Å². The van der Waals surface area contributed by atoms with E-state index in [-0.39, 0.29) is 24.5 Å². The predicted octanol–water partition coefficient (Wildman–Crippen LogP) is 1.14. The van der Waals surface area contributed by atoms with Crippen molar-refractivity contribution in [3.63, 3.8) is 0 Å². The van der Waals surface area contributed by atoms with Crippen LogP contribution in [0.15, 0.2) is 30.3 Å². The largest absolute Gasteiger partial charge is 0.341 e. The first-order valence-corrected chi connectivity index (χ1v) is 9.54. The lowest BCUT2D eigenvalue weighted by molar-refractivity contribution is -0.131. The predicted molar refractivity (Wildman–Crippen MR) is 87.6 cm³/mol. The molecule has 0 spiro atoms. The van der Waals surface area contributed by atoms with Crippen molar-refractivity contribution in [3.05, 3.63) is 35.9 Å². The fraction of sp³-hybridized carbons (Fsp3) is 0.500. The first-order valence-electron chi connectivity index (χ1n) is 7.69. The molecule has 1 fully saturated rings. The molecule has 0 N–H and O–H groups in total. The number of benzene rings is 1. The third kappa shape index (κ3) is 5.14. The summed E-state index contributed by atoms with van der Waals surface area (Å²) in [7, 11) is -3.22. The molecule has 0 aliphatic carbocycles. The first-order chi connectivity index (χ1) is 10.9. The quantitative estimate of drug-likeness (QED) is 0.755. The summed E-state index contributed by atoms with van der Waals surface area (Å²) in [4.78, 5) is 25.9. The van der Waals surface area contributed by atoms with Gasteiger partial charge in [-0.2, -0.15) is 0 Å². The molecular weight excluding hydrogens is 316 g/mol. The Hall–Kier alpha value is -1.73. The average Bonchev–Trinajstić information content (AvgIpc) is 2.79. The lowest BCUT2D eigenvalue weighted by Crippen LogP contribution is -2.37. The van der Waals surface area contributed by atoms with Crippen LogP contribution in [-0.4, -0.2) is 61.7 Å². The van der Waals surface area contributed by atoms with Crippen LogP contribution < -0.4 is 0 Å². The standard InChI is InChI=1S/C16H22N2O4S/c1-23(21,22)18-11-5-10-17(12-13-18)16(20)9-8-15(19)14-6-3-2-4-7-14/h2-4,6-7H,5,8-13H2,1H3. The fourth-order valence-corrected chi connectivity index (χ4v) is 3.50. The molecule has 23 heavy (non-hydrogen) atoms. The minimum atomic E-state index is -3.22. The molecule has 7 heteroatoms. The Labute approximate surface area is 137 Å². The summed E-state index contributed by atoms with van der Waals surface area (Å²) in [6.45, 7) is 1.67. The van der Waals surface area contributed by atoms with Crippen LogP contribution in [0.4, 0.5) is 0 Å². The monoisotopic (exact) mass is 338 g/mol. The van der Waals surface area contributed by atoms with Crippen molar-refractivity contribution in [2.45, 2.75) is 19.3 Å². The van der Waals surface area contributed by atoms with Crippen LogP contribution in [0.2, 0.25) is 0 Å². The SMILES string of the molecule is CS(=O)(=O)N1CCCN(C(=O)CCC(=O)c2ccccc2)CC1. The maximum atomic E-state index is 12.2. The number of hydrogen-bond donors (Lipinski definition) is 0. The number of sulfonamides is 1. The molecule has 6 nitrogen and oxygen atoms in total. The number of carbonyl (C=O) groups excluding carboxylic acids is 2. The van der Waals surface area contributed by atoms with Gasteiger partial charge in [-0.05, 0) is 6.42 Å². The van der Waals surface area contributed by atoms with Gasteiger partial charge in [-0.1, -0.05) is 30.3 Å². The molecule has 1 heterocycles. The van der Waals surface area contributed by atoms with Crippen molar-refractivity contribution < 1.29 is 18.0 Å². The molecule has 0 aromatic heterocycles. The number of rotatable bonds is 5. The summed E-state index contributed by atoms with van der Waals surface area (Å²) in [5.41, 5.74) is 0.611. The molecule has 0 bridgehead atoms. The van der Waals surface area contributed by atoms with Crippen LogP contribution in [0, 0.1) is 0 Å². The van der Waals surface area contributed by atoms with Gasteiger partial charge in [0.05, 0.1) is 6.26 Å². The third-order valence-corrected chi connectivity index (χ3v) is 5.24. The minimum Gasteiger partial charge on any atom is -0.341 e. The number of nitrogens with zero attached hydrogens (tertiary/aromatic N) is 2. The minimum absolute atomic E-state index is 0.0495. The summed E-state index contributed by atoms with van der Waals surface area (Å²) in [5.74, 6) is -0.142. The maximum absolute atomic E-state index is 12.2. The van der Waals surface area contributed by atoms with Gasteiger partial charge in [0.2, 0.25) is 15.9 Å². The Balaban J connectivity index is 1.85. The van der Waals surface area contributed by atoms with Gasteiger partial charge in [-0.15, -0.1) is 0 Å². The van der Waals surface area contributed by atoms with E-state index in [1.54, 1.807) is 29.2 Å². The van der Waals surface area contributed by atoms with Crippen molar-refractivity contribution in [3.8, 4) is 0 Å². The van der Waals surface area contributed by atoms with E-state index in [1.165, 1.54) is 10.6 Å². The molecule has 1 amide bonds. The molecule has 1 saturated heterocycles. The summed E-state index contributed by atoms with van der Waals surface area (Å²) >= 11 is 0. The number of amides is 1. The maximum Gasteiger partial charge on any atom is 0.223 e. The molecule has 0 saturated carbocycles. The van der Waals surface area contributed by atoms with Crippen molar-refractivity contribution >= 4 is 21.7 Å². The van der Waals surface area contributed by atoms with Gasteiger partial charge in [0.15, 0.2) is 5.78 Å². The summed E-state index contributed by atoms with van der Waals surface area (Å²) in [6.07, 6.45) is 2.14. The number of ketones is 1. The molecule has 1 aromatic rings. The molecule has 0 unspecified atom stereocenters. The van der Waals surface area contributed by atoms with Gasteiger partial charge in [-0.3, -0.25) is 9.59 Å². The molecule has 0 atom stereocenters. The Morgan fingerprint density at radius 1 is 1.00 bits per heavy atom. The normalized spacial score (nSPS) is 16.8. The van der Waals surface area contributed by atoms with Gasteiger partial charge < -0.3 is 4.90 Å². The summed E-state index contributed by atoms with van der Waals surface area (Å²) in [5, 5.41) is 0. The number of Topliss-reactive ketones (excluding diaryl/α,β-unsaturated/α-hetero) is 1. The van der Waals surface area contributed by atoms with Gasteiger partial charge in [0.1, 0.15) is 0 Å². The Kier molecular flexibility index (Phi) is 5.90. The van der Waals surface area contributed by atoms with E-state index in [9.17, 15) is 18.0 Å². The van der Waals surface area contributed by atoms with Crippen LogP contribution in [0.5, 0.6) is 0 Å². The molecule has 2 rings (SSSR count). The third-order valence-electron chi connectivity index (χ3n) is 3.94. The van der Waals surface area contributed by atoms with Crippen LogP contribution >= 0.6 is 0 Å². The van der Waals surface area contributed by atoms with Gasteiger partial charge in [0.25, 0.3) is 0 Å². The molecular formula is C16H22N2O4S. The van der Waals surface area contributed by atoms with Crippen LogP contribution in [0.25, 0.3) is 0 Å².